The van der Waals surface area contributed by atoms with Crippen LogP contribution in [0.15, 0.2) is 36.8 Å². The third-order valence-corrected chi connectivity index (χ3v) is 2.88. The highest BCUT2D eigenvalue weighted by atomic mass is 16.5. The van der Waals surface area contributed by atoms with E-state index in [0.29, 0.717) is 6.61 Å². The minimum absolute atomic E-state index is 0.456. The molecule has 18 heavy (non-hydrogen) atoms. The fourth-order valence-electron chi connectivity index (χ4n) is 1.86. The molecule has 1 atom stereocenters. The summed E-state index contributed by atoms with van der Waals surface area (Å²) in [6.45, 7) is 5.13. The van der Waals surface area contributed by atoms with E-state index in [1.54, 1.807) is 19.4 Å². The van der Waals surface area contributed by atoms with Crippen LogP contribution in [0.25, 0.3) is 0 Å². The second-order valence-electron chi connectivity index (χ2n) is 4.17. The van der Waals surface area contributed by atoms with Gasteiger partial charge < -0.3 is 14.4 Å². The summed E-state index contributed by atoms with van der Waals surface area (Å²) in [5.74, 6) is 0.719. The molecule has 1 aromatic carbocycles. The van der Waals surface area contributed by atoms with Gasteiger partial charge in [0.2, 0.25) is 0 Å². The maximum absolute atomic E-state index is 9.66. The number of imidazole rings is 1. The minimum Gasteiger partial charge on any atom is -0.487 e. The van der Waals surface area contributed by atoms with Crippen LogP contribution in [0.1, 0.15) is 31.2 Å². The van der Waals surface area contributed by atoms with Gasteiger partial charge in [-0.25, -0.2) is 4.98 Å². The molecule has 0 radical (unpaired) electrons. The summed E-state index contributed by atoms with van der Waals surface area (Å²) in [6.07, 6.45) is 3.06. The number of hydrogen-bond acceptors (Lipinski definition) is 3. The lowest BCUT2D eigenvalue weighted by molar-refractivity contribution is 0.189. The first kappa shape index (κ1) is 12.6. The van der Waals surface area contributed by atoms with Crippen LogP contribution >= 0.6 is 0 Å². The van der Waals surface area contributed by atoms with Gasteiger partial charge in [0.1, 0.15) is 12.4 Å². The van der Waals surface area contributed by atoms with Crippen LogP contribution in [0, 0.1) is 0 Å². The van der Waals surface area contributed by atoms with Crippen LogP contribution in [0.2, 0.25) is 0 Å². The molecular formula is C14H18N2O2. The van der Waals surface area contributed by atoms with Gasteiger partial charge in [-0.15, -0.1) is 0 Å². The highest BCUT2D eigenvalue weighted by molar-refractivity contribution is 5.34. The third-order valence-electron chi connectivity index (χ3n) is 2.88. The number of rotatable bonds is 5. The Morgan fingerprint density at radius 1 is 1.39 bits per heavy atom. The molecule has 1 heterocycles. The Morgan fingerprint density at radius 2 is 2.17 bits per heavy atom. The first-order valence-corrected chi connectivity index (χ1v) is 6.11. The van der Waals surface area contributed by atoms with Crippen LogP contribution in [0.4, 0.5) is 0 Å². The van der Waals surface area contributed by atoms with E-state index in [9.17, 15) is 5.11 Å². The van der Waals surface area contributed by atoms with Gasteiger partial charge in [-0.05, 0) is 19.9 Å². The summed E-state index contributed by atoms with van der Waals surface area (Å²) < 4.78 is 7.80. The predicted octanol–water partition coefficient (Wildman–Crippen LogP) is 2.54. The number of aryl methyl sites for hydroxylation is 1. The normalized spacial score (nSPS) is 12.4. The number of para-hydroxylation sites is 1. The van der Waals surface area contributed by atoms with E-state index >= 15 is 0 Å². The van der Waals surface area contributed by atoms with Crippen molar-refractivity contribution in [2.24, 2.45) is 0 Å². The first-order chi connectivity index (χ1) is 8.72. The highest BCUT2D eigenvalue weighted by Crippen LogP contribution is 2.25. The van der Waals surface area contributed by atoms with Gasteiger partial charge in [0, 0.05) is 12.1 Å². The molecule has 1 unspecified atom stereocenters. The van der Waals surface area contributed by atoms with Crippen molar-refractivity contribution in [2.45, 2.75) is 33.1 Å². The molecule has 0 fully saturated rings. The zero-order valence-corrected chi connectivity index (χ0v) is 10.7. The zero-order valence-electron chi connectivity index (χ0n) is 10.7. The second-order valence-corrected chi connectivity index (χ2v) is 4.17. The minimum atomic E-state index is -0.530. The Balaban J connectivity index is 2.11. The summed E-state index contributed by atoms with van der Waals surface area (Å²) in [5.41, 5.74) is 1.83. The van der Waals surface area contributed by atoms with Crippen LogP contribution < -0.4 is 4.74 Å². The Kier molecular flexibility index (Phi) is 3.99. The van der Waals surface area contributed by atoms with Crippen LogP contribution in [0.5, 0.6) is 5.75 Å². The van der Waals surface area contributed by atoms with Crippen molar-refractivity contribution in [3.05, 3.63) is 48.0 Å². The fraction of sp³-hybridized carbons (Fsp3) is 0.357. The molecule has 1 aromatic heterocycles. The Labute approximate surface area is 107 Å². The Hall–Kier alpha value is -1.81. The van der Waals surface area contributed by atoms with Crippen LogP contribution in [0.3, 0.4) is 0 Å². The van der Waals surface area contributed by atoms with Gasteiger partial charge in [-0.1, -0.05) is 18.2 Å². The van der Waals surface area contributed by atoms with Gasteiger partial charge in [-0.2, -0.15) is 0 Å². The van der Waals surface area contributed by atoms with Crippen molar-refractivity contribution >= 4 is 0 Å². The monoisotopic (exact) mass is 246 g/mol. The summed E-state index contributed by atoms with van der Waals surface area (Å²) in [5, 5.41) is 9.66. The van der Waals surface area contributed by atoms with E-state index < -0.39 is 6.10 Å². The van der Waals surface area contributed by atoms with Crippen molar-refractivity contribution in [1.82, 2.24) is 9.55 Å². The van der Waals surface area contributed by atoms with E-state index in [-0.39, 0.29) is 0 Å². The molecule has 0 saturated heterocycles. The molecule has 0 aliphatic heterocycles. The van der Waals surface area contributed by atoms with E-state index in [4.69, 9.17) is 4.74 Å². The van der Waals surface area contributed by atoms with Gasteiger partial charge in [-0.3, -0.25) is 0 Å². The quantitative estimate of drug-likeness (QED) is 0.882. The van der Waals surface area contributed by atoms with Crippen LogP contribution in [-0.2, 0) is 13.2 Å². The van der Waals surface area contributed by atoms with Crippen molar-refractivity contribution in [3.8, 4) is 5.75 Å². The van der Waals surface area contributed by atoms with Crippen molar-refractivity contribution in [2.75, 3.05) is 0 Å². The molecule has 0 spiro atoms. The zero-order chi connectivity index (χ0) is 13.0. The lowest BCUT2D eigenvalue weighted by Crippen LogP contribution is -2.05. The smallest absolute Gasteiger partial charge is 0.130 e. The van der Waals surface area contributed by atoms with E-state index in [1.807, 2.05) is 28.8 Å². The Morgan fingerprint density at radius 3 is 2.89 bits per heavy atom. The topological polar surface area (TPSA) is 47.3 Å². The average Bonchev–Trinajstić information content (AvgIpc) is 2.84. The molecule has 4 nitrogen and oxygen atoms in total. The summed E-state index contributed by atoms with van der Waals surface area (Å²) in [7, 11) is 0. The molecular weight excluding hydrogens is 228 g/mol. The van der Waals surface area contributed by atoms with Crippen molar-refractivity contribution < 1.29 is 9.84 Å². The lowest BCUT2D eigenvalue weighted by atomic mass is 10.1. The summed E-state index contributed by atoms with van der Waals surface area (Å²) in [6, 6.07) is 7.54. The van der Waals surface area contributed by atoms with Crippen molar-refractivity contribution in [3.63, 3.8) is 0 Å². The molecule has 0 saturated carbocycles. The Bertz CT molecular complexity index is 506. The maximum Gasteiger partial charge on any atom is 0.130 e. The fourth-order valence-corrected chi connectivity index (χ4v) is 1.86. The number of aliphatic hydroxyl groups excluding tert-OH is 1. The van der Waals surface area contributed by atoms with Crippen molar-refractivity contribution in [1.29, 1.82) is 0 Å². The lowest BCUT2D eigenvalue weighted by Gasteiger charge is -2.13. The predicted molar refractivity (Wildman–Crippen MR) is 69.3 cm³/mol. The molecule has 0 amide bonds. The number of aromatic nitrogens is 2. The largest absolute Gasteiger partial charge is 0.487 e. The molecule has 4 heteroatoms. The van der Waals surface area contributed by atoms with Gasteiger partial charge in [0.15, 0.2) is 0 Å². The standard InChI is InChI=1S/C14H18N2O2/c1-3-16-10-15-8-12(16)9-18-14-7-5-4-6-13(14)11(2)17/h4-8,10-11,17H,3,9H2,1-2H3. The summed E-state index contributed by atoms with van der Waals surface area (Å²) >= 11 is 0. The molecule has 0 bridgehead atoms. The van der Waals surface area contributed by atoms with Crippen LogP contribution in [-0.4, -0.2) is 14.7 Å². The number of nitrogens with zero attached hydrogens (tertiary/aromatic N) is 2. The molecule has 0 aliphatic rings. The molecule has 2 rings (SSSR count). The highest BCUT2D eigenvalue weighted by Gasteiger charge is 2.09. The molecule has 1 N–H and O–H groups in total. The van der Waals surface area contributed by atoms with E-state index in [2.05, 4.69) is 11.9 Å². The third kappa shape index (κ3) is 2.71. The van der Waals surface area contributed by atoms with E-state index in [0.717, 1.165) is 23.6 Å². The molecule has 0 aliphatic carbocycles. The second kappa shape index (κ2) is 5.69. The average molecular weight is 246 g/mol. The molecule has 2 aromatic rings. The van der Waals surface area contributed by atoms with Gasteiger partial charge >= 0.3 is 0 Å². The SMILES string of the molecule is CCn1cncc1COc1ccccc1C(C)O. The summed E-state index contributed by atoms with van der Waals surface area (Å²) in [4.78, 5) is 4.10. The van der Waals surface area contributed by atoms with Gasteiger partial charge in [0.25, 0.3) is 0 Å². The number of hydrogen-bond donors (Lipinski definition) is 1. The maximum atomic E-state index is 9.66. The molecule has 96 valence electrons. The number of aliphatic hydroxyl groups is 1. The number of ether oxygens (including phenoxy) is 1. The first-order valence-electron chi connectivity index (χ1n) is 6.11. The van der Waals surface area contributed by atoms with Gasteiger partial charge in [0.05, 0.1) is 24.3 Å². The number of benzene rings is 1. The van der Waals surface area contributed by atoms with E-state index in [1.165, 1.54) is 0 Å².